The topological polar surface area (TPSA) is 54.4 Å². The van der Waals surface area contributed by atoms with Gasteiger partial charge in [-0.2, -0.15) is 0 Å². The van der Waals surface area contributed by atoms with Gasteiger partial charge >= 0.3 is 5.97 Å². The highest BCUT2D eigenvalue weighted by Crippen LogP contribution is 2.12. The molecule has 0 radical (unpaired) electrons. The molecule has 1 N–H and O–H groups in total. The molecule has 1 unspecified atom stereocenters. The van der Waals surface area contributed by atoms with Crippen LogP contribution in [0.2, 0.25) is 0 Å². The van der Waals surface area contributed by atoms with Crippen molar-refractivity contribution in [1.29, 1.82) is 0 Å². The molecule has 108 valence electrons. The van der Waals surface area contributed by atoms with Crippen molar-refractivity contribution in [3.8, 4) is 0 Å². The van der Waals surface area contributed by atoms with Crippen molar-refractivity contribution in [3.05, 3.63) is 71.3 Å². The second kappa shape index (κ2) is 6.84. The number of rotatable bonds is 6. The van der Waals surface area contributed by atoms with Gasteiger partial charge in [0.05, 0.1) is 5.92 Å². The number of hydrogen-bond donors (Lipinski definition) is 1. The Hall–Kier alpha value is -2.42. The zero-order valence-corrected chi connectivity index (χ0v) is 12.0. The highest BCUT2D eigenvalue weighted by atomic mass is 16.4. The summed E-state index contributed by atoms with van der Waals surface area (Å²) in [6, 6.07) is 16.8. The van der Waals surface area contributed by atoms with E-state index in [0.29, 0.717) is 18.4 Å². The van der Waals surface area contributed by atoms with Gasteiger partial charge in [-0.1, -0.05) is 61.5 Å². The average molecular weight is 282 g/mol. The molecule has 2 aromatic rings. The lowest BCUT2D eigenvalue weighted by Crippen LogP contribution is -2.12. The Bertz CT molecular complexity index is 615. The van der Waals surface area contributed by atoms with Gasteiger partial charge in [0.1, 0.15) is 0 Å². The van der Waals surface area contributed by atoms with Crippen LogP contribution in [-0.2, 0) is 17.6 Å². The molecule has 3 heteroatoms. The number of benzene rings is 2. The molecular weight excluding hydrogens is 264 g/mol. The predicted octanol–water partition coefficient (Wildman–Crippen LogP) is 3.38. The molecule has 0 amide bonds. The van der Waals surface area contributed by atoms with E-state index in [4.69, 9.17) is 5.11 Å². The van der Waals surface area contributed by atoms with Crippen molar-refractivity contribution in [1.82, 2.24) is 0 Å². The van der Waals surface area contributed by atoms with Crippen molar-refractivity contribution >= 4 is 11.8 Å². The van der Waals surface area contributed by atoms with Crippen molar-refractivity contribution in [2.75, 3.05) is 0 Å². The van der Waals surface area contributed by atoms with Crippen LogP contribution in [-0.4, -0.2) is 16.9 Å². The summed E-state index contributed by atoms with van der Waals surface area (Å²) in [6.45, 7) is 1.68. The van der Waals surface area contributed by atoms with Gasteiger partial charge < -0.3 is 5.11 Å². The summed E-state index contributed by atoms with van der Waals surface area (Å²) in [5.41, 5.74) is 2.58. The molecule has 0 saturated heterocycles. The van der Waals surface area contributed by atoms with Crippen molar-refractivity contribution in [2.24, 2.45) is 5.92 Å². The fraction of sp³-hybridized carbons (Fsp3) is 0.222. The van der Waals surface area contributed by atoms with E-state index in [2.05, 4.69) is 0 Å². The van der Waals surface area contributed by atoms with Crippen LogP contribution >= 0.6 is 0 Å². The van der Waals surface area contributed by atoms with E-state index in [1.54, 1.807) is 19.1 Å². The number of aliphatic carboxylic acids is 1. The van der Waals surface area contributed by atoms with E-state index in [9.17, 15) is 9.59 Å². The first-order valence-electron chi connectivity index (χ1n) is 6.95. The summed E-state index contributed by atoms with van der Waals surface area (Å²) in [7, 11) is 0. The minimum atomic E-state index is -0.806. The summed E-state index contributed by atoms with van der Waals surface area (Å²) < 4.78 is 0. The molecule has 0 aliphatic carbocycles. The van der Waals surface area contributed by atoms with Crippen LogP contribution in [0.15, 0.2) is 54.6 Å². The van der Waals surface area contributed by atoms with E-state index in [1.807, 2.05) is 42.5 Å². The van der Waals surface area contributed by atoms with E-state index in [0.717, 1.165) is 11.1 Å². The quantitative estimate of drug-likeness (QED) is 0.826. The Labute approximate surface area is 124 Å². The number of carbonyl (C=O) groups excluding carboxylic acids is 1. The predicted molar refractivity (Wildman–Crippen MR) is 81.4 cm³/mol. The summed E-state index contributed by atoms with van der Waals surface area (Å²) in [5.74, 6) is -1.16. The molecule has 0 spiro atoms. The van der Waals surface area contributed by atoms with Gasteiger partial charge in [-0.25, -0.2) is 0 Å². The lowest BCUT2D eigenvalue weighted by atomic mass is 9.98. The van der Waals surface area contributed by atoms with Crippen molar-refractivity contribution in [2.45, 2.75) is 19.8 Å². The Morgan fingerprint density at radius 3 is 2.14 bits per heavy atom. The fourth-order valence-corrected chi connectivity index (χ4v) is 2.15. The molecule has 0 heterocycles. The summed E-state index contributed by atoms with van der Waals surface area (Å²) >= 11 is 0. The third kappa shape index (κ3) is 4.28. The zero-order valence-electron chi connectivity index (χ0n) is 12.0. The third-order valence-electron chi connectivity index (χ3n) is 3.45. The van der Waals surface area contributed by atoms with Gasteiger partial charge in [0.15, 0.2) is 5.78 Å². The number of Topliss-reactive ketones (excluding diaryl/α,β-unsaturated/α-hetero) is 1. The maximum absolute atomic E-state index is 12.2. The van der Waals surface area contributed by atoms with E-state index in [-0.39, 0.29) is 5.78 Å². The summed E-state index contributed by atoms with van der Waals surface area (Å²) in [5, 5.41) is 8.90. The highest BCUT2D eigenvalue weighted by Gasteiger charge is 2.12. The average Bonchev–Trinajstić information content (AvgIpc) is 2.48. The fourth-order valence-electron chi connectivity index (χ4n) is 2.15. The summed E-state index contributed by atoms with van der Waals surface area (Å²) in [6.07, 6.45) is 0.855. The Morgan fingerprint density at radius 2 is 1.57 bits per heavy atom. The molecule has 0 bridgehead atoms. The SMILES string of the molecule is CC(Cc1ccc(C(=O)Cc2ccccc2)cc1)C(=O)O. The lowest BCUT2D eigenvalue weighted by Gasteiger charge is -2.07. The minimum absolute atomic E-state index is 0.0685. The van der Waals surface area contributed by atoms with Gasteiger partial charge in [0.2, 0.25) is 0 Å². The van der Waals surface area contributed by atoms with E-state index < -0.39 is 11.9 Å². The first kappa shape index (κ1) is 15.0. The summed E-state index contributed by atoms with van der Waals surface area (Å²) in [4.78, 5) is 23.0. The van der Waals surface area contributed by atoms with E-state index >= 15 is 0 Å². The molecule has 0 aliphatic rings. The monoisotopic (exact) mass is 282 g/mol. The van der Waals surface area contributed by atoms with Crippen LogP contribution in [0.1, 0.15) is 28.4 Å². The standard InChI is InChI=1S/C18H18O3/c1-13(18(20)21)11-15-7-9-16(10-8-15)17(19)12-14-5-3-2-4-6-14/h2-10,13H,11-12H2,1H3,(H,20,21). The highest BCUT2D eigenvalue weighted by molar-refractivity contribution is 5.97. The number of carboxylic acid groups (broad SMARTS) is 1. The Balaban J connectivity index is 2.01. The third-order valence-corrected chi connectivity index (χ3v) is 3.45. The van der Waals surface area contributed by atoms with Gasteiger partial charge in [0, 0.05) is 12.0 Å². The Morgan fingerprint density at radius 1 is 0.952 bits per heavy atom. The van der Waals surface area contributed by atoms with Gasteiger partial charge in [-0.05, 0) is 17.5 Å². The second-order valence-electron chi connectivity index (χ2n) is 5.23. The molecule has 2 rings (SSSR count). The molecule has 21 heavy (non-hydrogen) atoms. The first-order chi connectivity index (χ1) is 10.1. The lowest BCUT2D eigenvalue weighted by molar-refractivity contribution is -0.141. The second-order valence-corrected chi connectivity index (χ2v) is 5.23. The van der Waals surface area contributed by atoms with Gasteiger partial charge in [0.25, 0.3) is 0 Å². The maximum atomic E-state index is 12.2. The van der Waals surface area contributed by atoms with Crippen LogP contribution in [0, 0.1) is 5.92 Å². The Kier molecular flexibility index (Phi) is 4.88. The zero-order chi connectivity index (χ0) is 15.2. The normalized spacial score (nSPS) is 11.9. The molecule has 1 atom stereocenters. The molecule has 0 saturated carbocycles. The molecular formula is C18H18O3. The van der Waals surface area contributed by atoms with Crippen LogP contribution in [0.4, 0.5) is 0 Å². The van der Waals surface area contributed by atoms with Crippen LogP contribution in [0.5, 0.6) is 0 Å². The van der Waals surface area contributed by atoms with Crippen molar-refractivity contribution < 1.29 is 14.7 Å². The van der Waals surface area contributed by atoms with Gasteiger partial charge in [-0.15, -0.1) is 0 Å². The maximum Gasteiger partial charge on any atom is 0.306 e. The number of ketones is 1. The molecule has 0 fully saturated rings. The number of hydrogen-bond acceptors (Lipinski definition) is 2. The molecule has 0 aliphatic heterocycles. The van der Waals surface area contributed by atoms with Crippen molar-refractivity contribution in [3.63, 3.8) is 0 Å². The largest absolute Gasteiger partial charge is 0.481 e. The number of carboxylic acids is 1. The van der Waals surface area contributed by atoms with E-state index in [1.165, 1.54) is 0 Å². The number of carbonyl (C=O) groups is 2. The molecule has 3 nitrogen and oxygen atoms in total. The van der Waals surface area contributed by atoms with Crippen LogP contribution < -0.4 is 0 Å². The minimum Gasteiger partial charge on any atom is -0.481 e. The smallest absolute Gasteiger partial charge is 0.306 e. The molecule has 0 aromatic heterocycles. The van der Waals surface area contributed by atoms with Crippen LogP contribution in [0.3, 0.4) is 0 Å². The first-order valence-corrected chi connectivity index (χ1v) is 6.95. The van der Waals surface area contributed by atoms with Gasteiger partial charge in [-0.3, -0.25) is 9.59 Å². The molecule has 2 aromatic carbocycles. The van der Waals surface area contributed by atoms with Crippen LogP contribution in [0.25, 0.3) is 0 Å².